The molecule has 0 aromatic carbocycles. The second-order valence-electron chi connectivity index (χ2n) is 4.93. The van der Waals surface area contributed by atoms with Crippen molar-refractivity contribution in [1.82, 2.24) is 20.3 Å². The minimum Gasteiger partial charge on any atom is -0.461 e. The van der Waals surface area contributed by atoms with Crippen LogP contribution in [-0.2, 0) is 4.79 Å². The number of aromatic nitrogens is 3. The van der Waals surface area contributed by atoms with Crippen LogP contribution in [0.4, 0.5) is 5.95 Å². The summed E-state index contributed by atoms with van der Waals surface area (Å²) in [5.41, 5.74) is 0. The summed E-state index contributed by atoms with van der Waals surface area (Å²) in [6.07, 6.45) is 1.17. The third kappa shape index (κ3) is 7.08. The smallest absolute Gasteiger partial charge is 0.322 e. The Labute approximate surface area is 129 Å². The molecule has 0 radical (unpaired) electrons. The Morgan fingerprint density at radius 1 is 1.29 bits per heavy atom. The Morgan fingerprint density at radius 2 is 2.00 bits per heavy atom. The fourth-order valence-corrected chi connectivity index (χ4v) is 1.56. The summed E-state index contributed by atoms with van der Waals surface area (Å²) in [6.45, 7) is 8.12. The second kappa shape index (κ2) is 8.61. The van der Waals surface area contributed by atoms with Gasteiger partial charge in [-0.05, 0) is 38.8 Å². The minimum absolute atomic E-state index is 0.0179. The van der Waals surface area contributed by atoms with Gasteiger partial charge in [-0.3, -0.25) is 4.79 Å². The van der Waals surface area contributed by atoms with E-state index in [0.717, 1.165) is 6.42 Å². The number of hydrogen-bond acceptors (Lipinski definition) is 6. The van der Waals surface area contributed by atoms with E-state index in [4.69, 9.17) is 16.3 Å². The van der Waals surface area contributed by atoms with Gasteiger partial charge in [0, 0.05) is 19.0 Å². The molecule has 8 heteroatoms. The number of carbonyl (C=O) groups excluding carboxylic acids is 1. The van der Waals surface area contributed by atoms with Gasteiger partial charge >= 0.3 is 6.01 Å². The van der Waals surface area contributed by atoms with Crippen molar-refractivity contribution in [3.8, 4) is 6.01 Å². The Morgan fingerprint density at radius 3 is 2.62 bits per heavy atom. The predicted molar refractivity (Wildman–Crippen MR) is 81.6 cm³/mol. The summed E-state index contributed by atoms with van der Waals surface area (Å²) < 4.78 is 5.36. The maximum absolute atomic E-state index is 11.6. The summed E-state index contributed by atoms with van der Waals surface area (Å²) >= 11 is 5.80. The van der Waals surface area contributed by atoms with Gasteiger partial charge in [-0.15, -0.1) is 0 Å². The minimum atomic E-state index is -0.0578. The van der Waals surface area contributed by atoms with Crippen LogP contribution in [0, 0.1) is 0 Å². The highest BCUT2D eigenvalue weighted by Gasteiger charge is 2.09. The highest BCUT2D eigenvalue weighted by atomic mass is 35.5. The molecular weight excluding hydrogens is 294 g/mol. The van der Waals surface area contributed by atoms with E-state index in [2.05, 4.69) is 25.6 Å². The van der Waals surface area contributed by atoms with Crippen molar-refractivity contribution < 1.29 is 9.53 Å². The largest absolute Gasteiger partial charge is 0.461 e. The zero-order chi connectivity index (χ0) is 15.8. The van der Waals surface area contributed by atoms with Gasteiger partial charge in [0.15, 0.2) is 0 Å². The average Bonchev–Trinajstić information content (AvgIpc) is 2.36. The van der Waals surface area contributed by atoms with Crippen molar-refractivity contribution in [2.45, 2.75) is 52.7 Å². The van der Waals surface area contributed by atoms with Gasteiger partial charge in [0.1, 0.15) is 0 Å². The third-order valence-corrected chi connectivity index (χ3v) is 2.75. The van der Waals surface area contributed by atoms with Crippen molar-refractivity contribution in [3.63, 3.8) is 0 Å². The van der Waals surface area contributed by atoms with Gasteiger partial charge in [-0.2, -0.15) is 15.0 Å². The predicted octanol–water partition coefficient (Wildman–Crippen LogP) is 2.03. The van der Waals surface area contributed by atoms with Crippen molar-refractivity contribution in [1.29, 1.82) is 0 Å². The summed E-state index contributed by atoms with van der Waals surface area (Å²) in [5.74, 6) is 0.276. The number of ether oxygens (including phenoxy) is 1. The fraction of sp³-hybridized carbons (Fsp3) is 0.692. The normalized spacial score (nSPS) is 12.1. The topological polar surface area (TPSA) is 89.0 Å². The van der Waals surface area contributed by atoms with E-state index in [0.29, 0.717) is 18.9 Å². The number of amides is 1. The van der Waals surface area contributed by atoms with Crippen LogP contribution in [-0.4, -0.2) is 39.5 Å². The molecule has 7 nitrogen and oxygen atoms in total. The van der Waals surface area contributed by atoms with E-state index in [1.54, 1.807) is 0 Å². The summed E-state index contributed by atoms with van der Waals surface area (Å²) in [6, 6.07) is 0.340. The summed E-state index contributed by atoms with van der Waals surface area (Å²) in [7, 11) is 0. The molecule has 1 aromatic heterocycles. The maximum atomic E-state index is 11.6. The molecule has 2 N–H and O–H groups in total. The number of rotatable bonds is 8. The number of nitrogens with zero attached hydrogens (tertiary/aromatic N) is 3. The van der Waals surface area contributed by atoms with Gasteiger partial charge in [0.25, 0.3) is 0 Å². The van der Waals surface area contributed by atoms with E-state index in [1.165, 1.54) is 0 Å². The van der Waals surface area contributed by atoms with E-state index in [9.17, 15) is 4.79 Å². The van der Waals surface area contributed by atoms with Crippen LogP contribution in [0.5, 0.6) is 6.01 Å². The molecule has 1 heterocycles. The molecule has 0 saturated heterocycles. The van der Waals surface area contributed by atoms with Gasteiger partial charge in [-0.25, -0.2) is 0 Å². The first-order chi connectivity index (χ1) is 9.90. The molecule has 1 aromatic rings. The lowest BCUT2D eigenvalue weighted by Crippen LogP contribution is -2.33. The quantitative estimate of drug-likeness (QED) is 0.763. The van der Waals surface area contributed by atoms with Crippen LogP contribution >= 0.6 is 11.6 Å². The van der Waals surface area contributed by atoms with Crippen molar-refractivity contribution in [2.75, 3.05) is 11.9 Å². The zero-order valence-corrected chi connectivity index (χ0v) is 13.6. The van der Waals surface area contributed by atoms with Gasteiger partial charge in [-0.1, -0.05) is 6.92 Å². The molecular formula is C13H22ClN5O2. The Kier molecular flexibility index (Phi) is 7.14. The molecule has 1 rings (SSSR count). The number of halogens is 1. The van der Waals surface area contributed by atoms with Crippen molar-refractivity contribution in [2.24, 2.45) is 0 Å². The first kappa shape index (κ1) is 17.4. The van der Waals surface area contributed by atoms with Gasteiger partial charge in [0.05, 0.1) is 6.10 Å². The van der Waals surface area contributed by atoms with Crippen molar-refractivity contribution in [3.05, 3.63) is 5.28 Å². The first-order valence-corrected chi connectivity index (χ1v) is 7.40. The van der Waals surface area contributed by atoms with Crippen LogP contribution in [0.3, 0.4) is 0 Å². The summed E-state index contributed by atoms with van der Waals surface area (Å²) in [5, 5.41) is 5.86. The van der Waals surface area contributed by atoms with E-state index in [1.807, 2.05) is 27.7 Å². The molecule has 0 aliphatic heterocycles. The Hall–Kier alpha value is -1.63. The fourth-order valence-electron chi connectivity index (χ4n) is 1.41. The number of nitrogens with one attached hydrogen (secondary N) is 2. The average molecular weight is 316 g/mol. The van der Waals surface area contributed by atoms with Crippen LogP contribution in [0.15, 0.2) is 0 Å². The SMILES string of the molecule is CCC(C)NC(=O)CCNc1nc(Cl)nc(OC(C)C)n1. The molecule has 21 heavy (non-hydrogen) atoms. The van der Waals surface area contributed by atoms with Gasteiger partial charge in [0.2, 0.25) is 17.1 Å². The van der Waals surface area contributed by atoms with Crippen LogP contribution in [0.25, 0.3) is 0 Å². The second-order valence-corrected chi connectivity index (χ2v) is 5.27. The molecule has 0 aliphatic carbocycles. The van der Waals surface area contributed by atoms with Crippen LogP contribution in [0.2, 0.25) is 5.28 Å². The molecule has 0 bridgehead atoms. The molecule has 0 aliphatic rings. The van der Waals surface area contributed by atoms with Crippen LogP contribution in [0.1, 0.15) is 40.5 Å². The molecule has 0 spiro atoms. The van der Waals surface area contributed by atoms with Gasteiger partial charge < -0.3 is 15.4 Å². The lowest BCUT2D eigenvalue weighted by molar-refractivity contribution is -0.121. The summed E-state index contributed by atoms with van der Waals surface area (Å²) in [4.78, 5) is 23.5. The molecule has 118 valence electrons. The monoisotopic (exact) mass is 315 g/mol. The van der Waals surface area contributed by atoms with Crippen molar-refractivity contribution >= 4 is 23.5 Å². The lowest BCUT2D eigenvalue weighted by atomic mass is 10.2. The third-order valence-electron chi connectivity index (χ3n) is 2.58. The highest BCUT2D eigenvalue weighted by molar-refractivity contribution is 6.28. The van der Waals surface area contributed by atoms with E-state index < -0.39 is 0 Å². The van der Waals surface area contributed by atoms with Crippen LogP contribution < -0.4 is 15.4 Å². The Bertz CT molecular complexity index is 470. The number of hydrogen-bond donors (Lipinski definition) is 2. The molecule has 1 atom stereocenters. The highest BCUT2D eigenvalue weighted by Crippen LogP contribution is 2.12. The lowest BCUT2D eigenvalue weighted by Gasteiger charge is -2.12. The molecule has 0 saturated carbocycles. The molecule has 0 fully saturated rings. The molecule has 1 amide bonds. The number of anilines is 1. The first-order valence-electron chi connectivity index (χ1n) is 7.02. The Balaban J connectivity index is 2.48. The van der Waals surface area contributed by atoms with E-state index in [-0.39, 0.29) is 29.3 Å². The van der Waals surface area contributed by atoms with E-state index >= 15 is 0 Å². The standard InChI is InChI=1S/C13H22ClN5O2/c1-5-9(4)16-10(20)6-7-15-12-17-11(14)18-13(19-12)21-8(2)3/h8-9H,5-7H2,1-4H3,(H,16,20)(H,15,17,18,19). The maximum Gasteiger partial charge on any atom is 0.322 e. The number of carbonyl (C=O) groups is 1. The zero-order valence-electron chi connectivity index (χ0n) is 12.8. The molecule has 1 unspecified atom stereocenters.